The summed E-state index contributed by atoms with van der Waals surface area (Å²) in [5.74, 6) is 0.801. The first-order valence-electron chi connectivity index (χ1n) is 7.39. The number of rotatable bonds is 6. The summed E-state index contributed by atoms with van der Waals surface area (Å²) < 4.78 is 2.17. The average Bonchev–Trinajstić information content (AvgIpc) is 2.80. The zero-order chi connectivity index (χ0) is 14.5. The highest BCUT2D eigenvalue weighted by Crippen LogP contribution is 2.37. The molecule has 0 bridgehead atoms. The number of hydrogen-bond donors (Lipinski definition) is 1. The molecule has 20 heavy (non-hydrogen) atoms. The fourth-order valence-corrected chi connectivity index (χ4v) is 3.96. The van der Waals surface area contributed by atoms with Crippen LogP contribution in [0.3, 0.4) is 0 Å². The molecule has 112 valence electrons. The van der Waals surface area contributed by atoms with E-state index < -0.39 is 5.97 Å². The van der Waals surface area contributed by atoms with E-state index in [0.29, 0.717) is 12.0 Å². The van der Waals surface area contributed by atoms with Gasteiger partial charge < -0.3 is 9.67 Å². The van der Waals surface area contributed by atoms with Crippen LogP contribution in [0.25, 0.3) is 0 Å². The van der Waals surface area contributed by atoms with Crippen LogP contribution >= 0.6 is 11.8 Å². The molecule has 1 aliphatic carbocycles. The maximum Gasteiger partial charge on any atom is 0.313 e. The summed E-state index contributed by atoms with van der Waals surface area (Å²) in [6.45, 7) is 4.16. The smallest absolute Gasteiger partial charge is 0.313 e. The number of aromatic nitrogens is 3. The van der Waals surface area contributed by atoms with Crippen molar-refractivity contribution in [1.29, 1.82) is 0 Å². The first kappa shape index (κ1) is 15.4. The van der Waals surface area contributed by atoms with E-state index in [0.717, 1.165) is 17.4 Å². The topological polar surface area (TPSA) is 68.0 Å². The van der Waals surface area contributed by atoms with Gasteiger partial charge in [0.25, 0.3) is 0 Å². The lowest BCUT2D eigenvalue weighted by atomic mass is 9.83. The summed E-state index contributed by atoms with van der Waals surface area (Å²) in [5, 5.41) is 17.9. The molecule has 0 radical (unpaired) electrons. The van der Waals surface area contributed by atoms with Gasteiger partial charge in [0.2, 0.25) is 0 Å². The third kappa shape index (κ3) is 3.53. The third-order valence-electron chi connectivity index (χ3n) is 4.10. The summed E-state index contributed by atoms with van der Waals surface area (Å²) in [6.07, 6.45) is 7.52. The number of carboxylic acids is 1. The third-order valence-corrected chi connectivity index (χ3v) is 5.03. The van der Waals surface area contributed by atoms with Crippen molar-refractivity contribution in [2.24, 2.45) is 5.92 Å². The normalized spacial score (nSPS) is 18.1. The highest BCUT2D eigenvalue weighted by Gasteiger charge is 2.27. The van der Waals surface area contributed by atoms with Crippen molar-refractivity contribution in [3.63, 3.8) is 0 Å². The average molecular weight is 297 g/mol. The molecule has 1 fully saturated rings. The van der Waals surface area contributed by atoms with E-state index in [9.17, 15) is 4.79 Å². The molecule has 1 N–H and O–H groups in total. The molecule has 1 saturated carbocycles. The van der Waals surface area contributed by atoms with E-state index in [2.05, 4.69) is 21.7 Å². The Bertz CT molecular complexity index is 455. The van der Waals surface area contributed by atoms with E-state index in [-0.39, 0.29) is 5.75 Å². The SMILES string of the molecule is CCC(C1CCCCC1)n1c(C)nnc1SCC(=O)O. The first-order valence-corrected chi connectivity index (χ1v) is 8.38. The lowest BCUT2D eigenvalue weighted by molar-refractivity contribution is -0.133. The molecule has 2 rings (SSSR count). The highest BCUT2D eigenvalue weighted by molar-refractivity contribution is 7.99. The quantitative estimate of drug-likeness (QED) is 0.816. The second-order valence-corrected chi connectivity index (χ2v) is 6.40. The van der Waals surface area contributed by atoms with Gasteiger partial charge in [-0.05, 0) is 32.1 Å². The standard InChI is InChI=1S/C14H23N3O2S/c1-3-12(11-7-5-4-6-8-11)17-10(2)15-16-14(17)20-9-13(18)19/h11-12H,3-9H2,1-2H3,(H,18,19). The zero-order valence-corrected chi connectivity index (χ0v) is 13.0. The van der Waals surface area contributed by atoms with Gasteiger partial charge in [-0.3, -0.25) is 4.79 Å². The van der Waals surface area contributed by atoms with Crippen LogP contribution in [0.2, 0.25) is 0 Å². The van der Waals surface area contributed by atoms with Crippen LogP contribution in [-0.4, -0.2) is 31.6 Å². The Morgan fingerprint density at radius 3 is 2.70 bits per heavy atom. The minimum atomic E-state index is -0.812. The molecule has 6 heteroatoms. The number of hydrogen-bond acceptors (Lipinski definition) is 4. The van der Waals surface area contributed by atoms with E-state index in [1.54, 1.807) is 0 Å². The van der Waals surface area contributed by atoms with E-state index in [4.69, 9.17) is 5.11 Å². The van der Waals surface area contributed by atoms with E-state index in [1.807, 2.05) is 6.92 Å². The van der Waals surface area contributed by atoms with E-state index in [1.165, 1.54) is 43.9 Å². The monoisotopic (exact) mass is 297 g/mol. The van der Waals surface area contributed by atoms with Gasteiger partial charge in [0.15, 0.2) is 5.16 Å². The predicted molar refractivity (Wildman–Crippen MR) is 79.0 cm³/mol. The molecule has 1 unspecified atom stereocenters. The van der Waals surface area contributed by atoms with Gasteiger partial charge in [0.05, 0.1) is 5.75 Å². The Hall–Kier alpha value is -1.04. The fraction of sp³-hybridized carbons (Fsp3) is 0.786. The summed E-state index contributed by atoms with van der Waals surface area (Å²) in [6, 6.07) is 0.404. The maximum atomic E-state index is 10.8. The summed E-state index contributed by atoms with van der Waals surface area (Å²) in [4.78, 5) is 10.8. The molecule has 1 heterocycles. The molecular formula is C14H23N3O2S. The van der Waals surface area contributed by atoms with Gasteiger partial charge >= 0.3 is 5.97 Å². The van der Waals surface area contributed by atoms with Crippen molar-refractivity contribution < 1.29 is 9.90 Å². The van der Waals surface area contributed by atoms with Gasteiger partial charge in [-0.25, -0.2) is 0 Å². The van der Waals surface area contributed by atoms with Gasteiger partial charge in [0, 0.05) is 6.04 Å². The second kappa shape index (κ2) is 7.11. The van der Waals surface area contributed by atoms with Crippen LogP contribution in [0.5, 0.6) is 0 Å². The molecule has 1 aromatic rings. The van der Waals surface area contributed by atoms with Crippen molar-refractivity contribution in [3.05, 3.63) is 5.82 Å². The number of carboxylic acid groups (broad SMARTS) is 1. The first-order chi connectivity index (χ1) is 9.63. The number of aryl methyl sites for hydroxylation is 1. The summed E-state index contributed by atoms with van der Waals surface area (Å²) in [5.41, 5.74) is 0. The van der Waals surface area contributed by atoms with Crippen LogP contribution in [0.15, 0.2) is 5.16 Å². The van der Waals surface area contributed by atoms with Gasteiger partial charge in [-0.2, -0.15) is 0 Å². The lowest BCUT2D eigenvalue weighted by Gasteiger charge is -2.31. The number of carbonyl (C=O) groups is 1. The van der Waals surface area contributed by atoms with Gasteiger partial charge in [-0.15, -0.1) is 10.2 Å². The number of nitrogens with zero attached hydrogens (tertiary/aromatic N) is 3. The Morgan fingerprint density at radius 2 is 2.10 bits per heavy atom. The van der Waals surface area contributed by atoms with Crippen molar-refractivity contribution in [2.75, 3.05) is 5.75 Å². The molecule has 5 nitrogen and oxygen atoms in total. The van der Waals surface area contributed by atoms with Crippen LogP contribution in [0.4, 0.5) is 0 Å². The lowest BCUT2D eigenvalue weighted by Crippen LogP contribution is -2.23. The highest BCUT2D eigenvalue weighted by atomic mass is 32.2. The van der Waals surface area contributed by atoms with E-state index >= 15 is 0 Å². The molecule has 0 amide bonds. The largest absolute Gasteiger partial charge is 0.481 e. The van der Waals surface area contributed by atoms with Crippen molar-refractivity contribution in [2.45, 2.75) is 63.6 Å². The minimum Gasteiger partial charge on any atom is -0.481 e. The molecule has 1 aromatic heterocycles. The number of thioether (sulfide) groups is 1. The van der Waals surface area contributed by atoms with Crippen LogP contribution in [0, 0.1) is 12.8 Å². The summed E-state index contributed by atoms with van der Waals surface area (Å²) >= 11 is 1.27. The molecule has 0 aliphatic heterocycles. The Morgan fingerprint density at radius 1 is 1.40 bits per heavy atom. The zero-order valence-electron chi connectivity index (χ0n) is 12.2. The maximum absolute atomic E-state index is 10.8. The molecule has 1 aliphatic rings. The van der Waals surface area contributed by atoms with Crippen LogP contribution in [0.1, 0.15) is 57.3 Å². The number of aliphatic carboxylic acids is 1. The molecule has 0 saturated heterocycles. The van der Waals surface area contributed by atoms with Crippen LogP contribution < -0.4 is 0 Å². The van der Waals surface area contributed by atoms with Crippen molar-refractivity contribution >= 4 is 17.7 Å². The Kier molecular flexibility index (Phi) is 5.46. The van der Waals surface area contributed by atoms with Gasteiger partial charge in [-0.1, -0.05) is 37.9 Å². The predicted octanol–water partition coefficient (Wildman–Crippen LogP) is 3.29. The molecule has 1 atom stereocenters. The summed E-state index contributed by atoms with van der Waals surface area (Å²) in [7, 11) is 0. The van der Waals surface area contributed by atoms with Crippen LogP contribution in [-0.2, 0) is 4.79 Å². The fourth-order valence-electron chi connectivity index (χ4n) is 3.20. The second-order valence-electron chi connectivity index (χ2n) is 5.46. The van der Waals surface area contributed by atoms with Crippen molar-refractivity contribution in [3.8, 4) is 0 Å². The Balaban J connectivity index is 2.19. The Labute approximate surface area is 124 Å². The van der Waals surface area contributed by atoms with Crippen molar-refractivity contribution in [1.82, 2.24) is 14.8 Å². The molecule has 0 spiro atoms. The minimum absolute atomic E-state index is 0.0409. The molecular weight excluding hydrogens is 274 g/mol. The molecule has 0 aromatic carbocycles. The van der Waals surface area contributed by atoms with Gasteiger partial charge in [0.1, 0.15) is 5.82 Å².